The van der Waals surface area contributed by atoms with Crippen molar-refractivity contribution in [2.24, 2.45) is 17.8 Å². The maximum absolute atomic E-state index is 13.2. The molecule has 0 aliphatic carbocycles. The minimum absolute atomic E-state index is 0. The van der Waals surface area contributed by atoms with Gasteiger partial charge in [0.25, 0.3) is 0 Å². The molecule has 4 nitrogen and oxygen atoms in total. The van der Waals surface area contributed by atoms with Gasteiger partial charge in [0.15, 0.2) is 5.78 Å². The van der Waals surface area contributed by atoms with E-state index in [0.717, 1.165) is 26.2 Å². The van der Waals surface area contributed by atoms with E-state index in [-0.39, 0.29) is 30.5 Å². The minimum atomic E-state index is -0.427. The number of carbonyl (C=O) groups is 2. The van der Waals surface area contributed by atoms with Crippen molar-refractivity contribution in [1.82, 2.24) is 10.2 Å². The number of hydrogen-bond acceptors (Lipinski definition) is 3. The van der Waals surface area contributed by atoms with Crippen LogP contribution in [0, 0.1) is 23.6 Å². The highest BCUT2D eigenvalue weighted by molar-refractivity contribution is 5.99. The number of nitrogens with zero attached hydrogens (tertiary/aromatic N) is 1. The summed E-state index contributed by atoms with van der Waals surface area (Å²) < 4.78 is 13.2. The van der Waals surface area contributed by atoms with Gasteiger partial charge in [-0.25, -0.2) is 4.39 Å². The average molecular weight is 341 g/mol. The number of ketones is 1. The van der Waals surface area contributed by atoms with Crippen LogP contribution in [0.15, 0.2) is 24.3 Å². The molecule has 126 valence electrons. The van der Waals surface area contributed by atoms with Gasteiger partial charge >= 0.3 is 0 Å². The molecule has 1 aromatic carbocycles. The lowest BCUT2D eigenvalue weighted by atomic mass is 9.96. The molecule has 0 saturated carbocycles. The predicted molar refractivity (Wildman–Crippen MR) is 88.2 cm³/mol. The second-order valence-corrected chi connectivity index (χ2v) is 6.46. The van der Waals surface area contributed by atoms with E-state index in [1.54, 1.807) is 13.0 Å². The van der Waals surface area contributed by atoms with E-state index in [4.69, 9.17) is 0 Å². The second-order valence-electron chi connectivity index (χ2n) is 6.46. The smallest absolute Gasteiger partial charge is 0.223 e. The first-order chi connectivity index (χ1) is 10.5. The fourth-order valence-electron chi connectivity index (χ4n) is 3.47. The van der Waals surface area contributed by atoms with Crippen LogP contribution in [-0.4, -0.2) is 42.8 Å². The minimum Gasteiger partial charge on any atom is -0.342 e. The summed E-state index contributed by atoms with van der Waals surface area (Å²) in [5.74, 6) is 0.119. The zero-order valence-corrected chi connectivity index (χ0v) is 13.9. The monoisotopic (exact) mass is 340 g/mol. The van der Waals surface area contributed by atoms with E-state index in [1.807, 2.05) is 4.90 Å². The Balaban J connectivity index is 0.00000192. The third kappa shape index (κ3) is 3.90. The summed E-state index contributed by atoms with van der Waals surface area (Å²) in [6, 6.07) is 5.66. The van der Waals surface area contributed by atoms with Crippen LogP contribution in [0.25, 0.3) is 0 Å². The van der Waals surface area contributed by atoms with Crippen LogP contribution in [0.2, 0.25) is 0 Å². The van der Waals surface area contributed by atoms with Crippen molar-refractivity contribution in [3.63, 3.8) is 0 Å². The summed E-state index contributed by atoms with van der Waals surface area (Å²) in [7, 11) is 0. The fraction of sp³-hybridized carbons (Fsp3) is 0.529. The van der Waals surface area contributed by atoms with E-state index in [2.05, 4.69) is 5.32 Å². The van der Waals surface area contributed by atoms with Crippen LogP contribution in [0.3, 0.4) is 0 Å². The van der Waals surface area contributed by atoms with Gasteiger partial charge in [0.2, 0.25) is 5.91 Å². The molecule has 1 aromatic rings. The van der Waals surface area contributed by atoms with Crippen LogP contribution in [0.4, 0.5) is 4.39 Å². The Morgan fingerprint density at radius 2 is 1.96 bits per heavy atom. The average Bonchev–Trinajstić information content (AvgIpc) is 3.07. The summed E-state index contributed by atoms with van der Waals surface area (Å²) in [4.78, 5) is 26.5. The molecule has 2 fully saturated rings. The Labute approximate surface area is 141 Å². The Morgan fingerprint density at radius 1 is 1.30 bits per heavy atom. The molecule has 1 amide bonds. The van der Waals surface area contributed by atoms with Crippen LogP contribution < -0.4 is 5.32 Å². The zero-order chi connectivity index (χ0) is 15.7. The predicted octanol–water partition coefficient (Wildman–Crippen LogP) is 2.13. The highest BCUT2D eigenvalue weighted by Gasteiger charge is 2.38. The van der Waals surface area contributed by atoms with Gasteiger partial charge in [0, 0.05) is 44.1 Å². The van der Waals surface area contributed by atoms with Gasteiger partial charge in [-0.3, -0.25) is 9.59 Å². The molecule has 0 radical (unpaired) electrons. The van der Waals surface area contributed by atoms with Crippen molar-refractivity contribution in [2.45, 2.75) is 13.3 Å². The molecule has 2 heterocycles. The molecule has 6 heteroatoms. The fourth-order valence-corrected chi connectivity index (χ4v) is 3.47. The number of amides is 1. The van der Waals surface area contributed by atoms with Gasteiger partial charge in [0.05, 0.1) is 0 Å². The number of hydrogen-bond donors (Lipinski definition) is 1. The molecule has 0 aromatic heterocycles. The molecule has 2 aliphatic heterocycles. The van der Waals surface area contributed by atoms with Gasteiger partial charge < -0.3 is 10.2 Å². The molecule has 0 bridgehead atoms. The summed E-state index contributed by atoms with van der Waals surface area (Å²) in [6.45, 7) is 5.27. The summed E-state index contributed by atoms with van der Waals surface area (Å²) in [5, 5.41) is 3.34. The van der Waals surface area contributed by atoms with E-state index in [0.29, 0.717) is 17.4 Å². The van der Waals surface area contributed by atoms with E-state index in [1.165, 1.54) is 18.2 Å². The highest BCUT2D eigenvalue weighted by atomic mass is 35.5. The third-order valence-corrected chi connectivity index (χ3v) is 4.78. The van der Waals surface area contributed by atoms with Crippen molar-refractivity contribution in [3.8, 4) is 0 Å². The van der Waals surface area contributed by atoms with Crippen LogP contribution >= 0.6 is 12.4 Å². The number of nitrogens with one attached hydrogen (secondary N) is 1. The standard InChI is InChI=1S/C17H21FN2O2.ClH/c1-11(17(22)12-3-2-4-15(18)6-12)5-16(21)20-9-13-7-19-8-14(13)10-20;/h2-4,6,11,13-14,19H,5,7-10H2,1H3;1H/t11?,13-,14+;. The van der Waals surface area contributed by atoms with Gasteiger partial charge in [0.1, 0.15) is 5.82 Å². The lowest BCUT2D eigenvalue weighted by Crippen LogP contribution is -2.33. The first-order valence-corrected chi connectivity index (χ1v) is 7.83. The molecular weight excluding hydrogens is 319 g/mol. The number of benzene rings is 1. The van der Waals surface area contributed by atoms with Crippen molar-refractivity contribution in [3.05, 3.63) is 35.6 Å². The normalized spacial score (nSPS) is 24.0. The van der Waals surface area contributed by atoms with E-state index < -0.39 is 11.7 Å². The maximum Gasteiger partial charge on any atom is 0.223 e. The zero-order valence-electron chi connectivity index (χ0n) is 13.1. The van der Waals surface area contributed by atoms with Crippen LogP contribution in [0.1, 0.15) is 23.7 Å². The molecule has 23 heavy (non-hydrogen) atoms. The molecule has 1 N–H and O–H groups in total. The molecular formula is C17H22ClFN2O2. The molecule has 1 unspecified atom stereocenters. The van der Waals surface area contributed by atoms with E-state index >= 15 is 0 Å². The first kappa shape index (κ1) is 17.9. The third-order valence-electron chi connectivity index (χ3n) is 4.78. The van der Waals surface area contributed by atoms with Gasteiger partial charge in [-0.2, -0.15) is 0 Å². The quantitative estimate of drug-likeness (QED) is 0.854. The number of Topliss-reactive ketones (excluding diaryl/α,β-unsaturated/α-hetero) is 1. The van der Waals surface area contributed by atoms with Crippen molar-refractivity contribution >= 4 is 24.1 Å². The lowest BCUT2D eigenvalue weighted by Gasteiger charge is -2.19. The summed E-state index contributed by atoms with van der Waals surface area (Å²) in [6.07, 6.45) is 0.197. The number of likely N-dealkylation sites (tertiary alicyclic amines) is 1. The van der Waals surface area contributed by atoms with Gasteiger partial charge in [-0.05, 0) is 24.0 Å². The maximum atomic E-state index is 13.2. The largest absolute Gasteiger partial charge is 0.342 e. The van der Waals surface area contributed by atoms with Crippen LogP contribution in [-0.2, 0) is 4.79 Å². The lowest BCUT2D eigenvalue weighted by molar-refractivity contribution is -0.131. The molecule has 3 rings (SSSR count). The van der Waals surface area contributed by atoms with E-state index in [9.17, 15) is 14.0 Å². The SMILES string of the molecule is CC(CC(=O)N1C[C@H]2CNC[C@H]2C1)C(=O)c1cccc(F)c1.Cl. The Morgan fingerprint density at radius 3 is 2.57 bits per heavy atom. The summed E-state index contributed by atoms with van der Waals surface area (Å²) >= 11 is 0. The van der Waals surface area contributed by atoms with Crippen molar-refractivity contribution in [2.75, 3.05) is 26.2 Å². The number of halogens is 2. The Kier molecular flexibility index (Phi) is 5.76. The Bertz CT molecular complexity index is 584. The van der Waals surface area contributed by atoms with Gasteiger partial charge in [-0.15, -0.1) is 12.4 Å². The first-order valence-electron chi connectivity index (χ1n) is 7.83. The number of rotatable bonds is 4. The summed E-state index contributed by atoms with van der Waals surface area (Å²) in [5.41, 5.74) is 0.336. The second kappa shape index (κ2) is 7.41. The number of fused-ring (bicyclic) bond motifs is 1. The molecule has 3 atom stereocenters. The molecule has 2 aliphatic rings. The van der Waals surface area contributed by atoms with Crippen LogP contribution in [0.5, 0.6) is 0 Å². The van der Waals surface area contributed by atoms with Crippen molar-refractivity contribution < 1.29 is 14.0 Å². The Hall–Kier alpha value is -1.46. The number of carbonyl (C=O) groups excluding carboxylic acids is 2. The topological polar surface area (TPSA) is 49.4 Å². The van der Waals surface area contributed by atoms with Gasteiger partial charge in [-0.1, -0.05) is 19.1 Å². The molecule has 2 saturated heterocycles. The molecule has 0 spiro atoms. The van der Waals surface area contributed by atoms with Crippen molar-refractivity contribution in [1.29, 1.82) is 0 Å². The highest BCUT2D eigenvalue weighted by Crippen LogP contribution is 2.27.